The third-order valence-corrected chi connectivity index (χ3v) is 6.09. The molecule has 0 aliphatic rings. The third-order valence-electron chi connectivity index (χ3n) is 4.75. The molecule has 3 aromatic rings. The van der Waals surface area contributed by atoms with Crippen LogP contribution in [0.25, 0.3) is 0 Å². The summed E-state index contributed by atoms with van der Waals surface area (Å²) < 4.78 is 151. The Hall–Kier alpha value is -3.95. The normalized spacial score (nSPS) is 12.8. The fourth-order valence-electron chi connectivity index (χ4n) is 3.00. The van der Waals surface area contributed by atoms with Crippen LogP contribution in [0.1, 0.15) is 27.0 Å². The van der Waals surface area contributed by atoms with Crippen molar-refractivity contribution in [3.05, 3.63) is 82.9 Å². The standard InChI is InChI=1S/C22H12F9NO5S/c23-20(24,25)11-5-6-18(37-17-4-2-1-3-15(17)19(33)34)16(10-11)32-38(35,36)14-8-12(21(26,27)28)7-13(9-14)22(29,30)31/h1-10,32H,(H,33,34)/p-1. The Morgan fingerprint density at radius 3 is 1.74 bits per heavy atom. The lowest BCUT2D eigenvalue weighted by Crippen LogP contribution is -2.22. The minimum Gasteiger partial charge on any atom is -0.545 e. The highest BCUT2D eigenvalue weighted by Gasteiger charge is 2.39. The lowest BCUT2D eigenvalue weighted by Gasteiger charge is -2.19. The van der Waals surface area contributed by atoms with E-state index in [0.29, 0.717) is 12.1 Å². The van der Waals surface area contributed by atoms with Gasteiger partial charge in [0.1, 0.15) is 5.75 Å². The number of carboxylic acid groups (broad SMARTS) is 1. The first-order chi connectivity index (χ1) is 17.3. The number of rotatable bonds is 6. The number of carbonyl (C=O) groups excluding carboxylic acids is 1. The summed E-state index contributed by atoms with van der Waals surface area (Å²) in [6, 6.07) is 5.02. The van der Waals surface area contributed by atoms with E-state index in [1.165, 1.54) is 16.9 Å². The minimum absolute atomic E-state index is 0.142. The molecule has 1 N–H and O–H groups in total. The average molecular weight is 572 g/mol. The molecule has 0 amide bonds. The Bertz CT molecular complexity index is 1450. The lowest BCUT2D eigenvalue weighted by atomic mass is 10.1. The summed E-state index contributed by atoms with van der Waals surface area (Å²) in [5, 5.41) is 11.3. The average Bonchev–Trinajstić information content (AvgIpc) is 2.78. The van der Waals surface area contributed by atoms with Crippen LogP contribution >= 0.6 is 0 Å². The number of ether oxygens (including phenoxy) is 1. The highest BCUT2D eigenvalue weighted by molar-refractivity contribution is 7.92. The number of benzene rings is 3. The number of aromatic carboxylic acids is 1. The first-order valence-electron chi connectivity index (χ1n) is 9.81. The Morgan fingerprint density at radius 2 is 1.24 bits per heavy atom. The van der Waals surface area contributed by atoms with Gasteiger partial charge in [-0.05, 0) is 48.5 Å². The number of alkyl halides is 9. The molecule has 0 bridgehead atoms. The third kappa shape index (κ3) is 6.48. The van der Waals surface area contributed by atoms with E-state index in [4.69, 9.17) is 4.74 Å². The molecule has 0 saturated carbocycles. The van der Waals surface area contributed by atoms with Crippen molar-refractivity contribution in [2.75, 3.05) is 4.72 Å². The van der Waals surface area contributed by atoms with Crippen molar-refractivity contribution < 1.29 is 62.6 Å². The fourth-order valence-corrected chi connectivity index (χ4v) is 4.13. The van der Waals surface area contributed by atoms with E-state index >= 15 is 0 Å². The van der Waals surface area contributed by atoms with Crippen LogP contribution in [0.2, 0.25) is 0 Å². The van der Waals surface area contributed by atoms with Crippen molar-refractivity contribution in [3.8, 4) is 11.5 Å². The molecule has 0 heterocycles. The van der Waals surface area contributed by atoms with Crippen LogP contribution in [0, 0.1) is 0 Å². The van der Waals surface area contributed by atoms with Crippen LogP contribution < -0.4 is 14.6 Å². The number of para-hydroxylation sites is 1. The monoisotopic (exact) mass is 572 g/mol. The zero-order chi connectivity index (χ0) is 28.7. The summed E-state index contributed by atoms with van der Waals surface area (Å²) in [6.45, 7) is 0. The summed E-state index contributed by atoms with van der Waals surface area (Å²) in [4.78, 5) is 9.72. The highest BCUT2D eigenvalue weighted by atomic mass is 32.2. The zero-order valence-corrected chi connectivity index (χ0v) is 18.9. The Balaban J connectivity index is 2.17. The first-order valence-corrected chi connectivity index (χ1v) is 11.3. The van der Waals surface area contributed by atoms with Gasteiger partial charge in [0.2, 0.25) is 0 Å². The van der Waals surface area contributed by atoms with E-state index in [0.717, 1.165) is 12.1 Å². The van der Waals surface area contributed by atoms with Crippen LogP contribution in [0.3, 0.4) is 0 Å². The van der Waals surface area contributed by atoms with Crippen LogP contribution in [-0.4, -0.2) is 14.4 Å². The summed E-state index contributed by atoms with van der Waals surface area (Å²) >= 11 is 0. The van der Waals surface area contributed by atoms with Crippen molar-refractivity contribution in [2.45, 2.75) is 23.4 Å². The van der Waals surface area contributed by atoms with Crippen molar-refractivity contribution in [2.24, 2.45) is 0 Å². The second-order valence-corrected chi connectivity index (χ2v) is 9.12. The van der Waals surface area contributed by atoms with Gasteiger partial charge in [-0.1, -0.05) is 12.1 Å². The van der Waals surface area contributed by atoms with Gasteiger partial charge in [0.25, 0.3) is 10.0 Å². The quantitative estimate of drug-likeness (QED) is 0.383. The zero-order valence-electron chi connectivity index (χ0n) is 18.1. The molecule has 0 unspecified atom stereocenters. The van der Waals surface area contributed by atoms with Crippen LogP contribution in [0.4, 0.5) is 45.2 Å². The van der Waals surface area contributed by atoms with Gasteiger partial charge in [-0.2, -0.15) is 39.5 Å². The molecule has 0 atom stereocenters. The van der Waals surface area contributed by atoms with Crippen molar-refractivity contribution in [1.29, 1.82) is 0 Å². The number of hydrogen-bond acceptors (Lipinski definition) is 5. The van der Waals surface area contributed by atoms with E-state index in [1.807, 2.05) is 0 Å². The van der Waals surface area contributed by atoms with Crippen LogP contribution in [-0.2, 0) is 28.6 Å². The molecule has 3 rings (SSSR count). The number of hydrogen-bond donors (Lipinski definition) is 1. The molecule has 3 aromatic carbocycles. The minimum atomic E-state index is -5.41. The molecule has 0 aromatic heterocycles. The van der Waals surface area contributed by atoms with E-state index in [1.54, 1.807) is 0 Å². The summed E-state index contributed by atoms with van der Waals surface area (Å²) in [5.74, 6) is -3.07. The van der Waals surface area contributed by atoms with Crippen molar-refractivity contribution >= 4 is 21.7 Å². The molecule has 0 spiro atoms. The molecule has 0 fully saturated rings. The Kier molecular flexibility index (Phi) is 7.33. The first kappa shape index (κ1) is 28.6. The highest BCUT2D eigenvalue weighted by Crippen LogP contribution is 2.40. The second kappa shape index (κ2) is 9.74. The van der Waals surface area contributed by atoms with Crippen molar-refractivity contribution in [3.63, 3.8) is 0 Å². The van der Waals surface area contributed by atoms with Gasteiger partial charge >= 0.3 is 18.5 Å². The maximum Gasteiger partial charge on any atom is 0.416 e. The van der Waals surface area contributed by atoms with Gasteiger partial charge in [-0.3, -0.25) is 4.72 Å². The molecular weight excluding hydrogens is 561 g/mol. The van der Waals surface area contributed by atoms with Gasteiger partial charge in [0.15, 0.2) is 5.75 Å². The molecule has 38 heavy (non-hydrogen) atoms. The molecule has 6 nitrogen and oxygen atoms in total. The summed E-state index contributed by atoms with van der Waals surface area (Å²) in [5.41, 5.74) is -7.13. The van der Waals surface area contributed by atoms with Gasteiger partial charge in [-0.15, -0.1) is 0 Å². The van der Waals surface area contributed by atoms with E-state index < -0.39 is 78.9 Å². The Morgan fingerprint density at radius 1 is 0.711 bits per heavy atom. The molecule has 0 saturated heterocycles. The number of carbonyl (C=O) groups is 1. The topological polar surface area (TPSA) is 95.5 Å². The van der Waals surface area contributed by atoms with Gasteiger partial charge in [0, 0.05) is 5.56 Å². The summed E-state index contributed by atoms with van der Waals surface area (Å²) in [6.07, 6.45) is -15.9. The smallest absolute Gasteiger partial charge is 0.416 e. The van der Waals surface area contributed by atoms with Crippen LogP contribution in [0.15, 0.2) is 65.6 Å². The fraction of sp³-hybridized carbons (Fsp3) is 0.136. The molecule has 204 valence electrons. The molecule has 16 heteroatoms. The van der Waals surface area contributed by atoms with Gasteiger partial charge < -0.3 is 14.6 Å². The number of anilines is 1. The second-order valence-electron chi connectivity index (χ2n) is 7.44. The largest absolute Gasteiger partial charge is 0.545 e. The van der Waals surface area contributed by atoms with Gasteiger partial charge in [0.05, 0.1) is 33.2 Å². The summed E-state index contributed by atoms with van der Waals surface area (Å²) in [7, 11) is -5.41. The Labute approximate surface area is 207 Å². The molecular formula is C22H11F9NO5S-. The number of nitrogens with one attached hydrogen (secondary N) is 1. The maximum absolute atomic E-state index is 13.3. The van der Waals surface area contributed by atoms with Crippen LogP contribution in [0.5, 0.6) is 11.5 Å². The molecule has 0 aliphatic carbocycles. The SMILES string of the molecule is O=C([O-])c1ccccc1Oc1ccc(C(F)(F)F)cc1NS(=O)(=O)c1cc(C(F)(F)F)cc(C(F)(F)F)c1. The van der Waals surface area contributed by atoms with Gasteiger partial charge in [-0.25, -0.2) is 8.42 Å². The number of carboxylic acids is 1. The van der Waals surface area contributed by atoms with Crippen molar-refractivity contribution in [1.82, 2.24) is 0 Å². The predicted molar refractivity (Wildman–Crippen MR) is 110 cm³/mol. The molecule has 0 aliphatic heterocycles. The predicted octanol–water partition coefficient (Wildman–Crippen LogP) is 5.70. The number of sulfonamides is 1. The number of halogens is 9. The molecule has 0 radical (unpaired) electrons. The maximum atomic E-state index is 13.3. The van der Waals surface area contributed by atoms with E-state index in [9.17, 15) is 57.8 Å². The van der Waals surface area contributed by atoms with E-state index in [2.05, 4.69) is 0 Å². The lowest BCUT2D eigenvalue weighted by molar-refractivity contribution is -0.255. The van der Waals surface area contributed by atoms with E-state index in [-0.39, 0.29) is 24.3 Å².